The molecule has 2 rings (SSSR count). The van der Waals surface area contributed by atoms with Crippen molar-refractivity contribution < 1.29 is 26.3 Å². The molecule has 0 N–H and O–H groups in total. The van der Waals surface area contributed by atoms with Crippen LogP contribution in [0.2, 0.25) is 0 Å². The van der Waals surface area contributed by atoms with Crippen LogP contribution in [-0.4, -0.2) is 15.0 Å². The fourth-order valence-corrected chi connectivity index (χ4v) is 1.40. The molecule has 0 aliphatic heterocycles. The van der Waals surface area contributed by atoms with E-state index in [0.29, 0.717) is 12.1 Å². The molecule has 0 amide bonds. The highest BCUT2D eigenvalue weighted by atomic mass is 19.4. The fraction of sp³-hybridized carbons (Fsp3) is 0.182. The number of halogens is 6. The minimum atomic E-state index is -5.00. The summed E-state index contributed by atoms with van der Waals surface area (Å²) in [5, 5.41) is 0. The average Bonchev–Trinajstić information content (AvgIpc) is 2.37. The maximum atomic E-state index is 12.6. The van der Waals surface area contributed by atoms with Crippen LogP contribution in [0.1, 0.15) is 11.4 Å². The normalized spacial score (nSPS) is 12.5. The summed E-state index contributed by atoms with van der Waals surface area (Å²) >= 11 is 0. The minimum Gasteiger partial charge on any atom is -0.239 e. The number of pyridine rings is 1. The van der Waals surface area contributed by atoms with E-state index in [0.717, 1.165) is 0 Å². The highest BCUT2D eigenvalue weighted by Gasteiger charge is 2.39. The largest absolute Gasteiger partial charge is 0.433 e. The molecule has 106 valence electrons. The van der Waals surface area contributed by atoms with Crippen molar-refractivity contribution in [2.75, 3.05) is 0 Å². The van der Waals surface area contributed by atoms with Gasteiger partial charge in [0, 0.05) is 18.0 Å². The first-order chi connectivity index (χ1) is 9.18. The zero-order valence-electron chi connectivity index (χ0n) is 9.50. The molecule has 0 aromatic carbocycles. The highest BCUT2D eigenvalue weighted by molar-refractivity contribution is 5.56. The number of aromatic nitrogens is 3. The quantitative estimate of drug-likeness (QED) is 0.754. The summed E-state index contributed by atoms with van der Waals surface area (Å²) in [6, 6.07) is 2.34. The maximum Gasteiger partial charge on any atom is 0.433 e. The van der Waals surface area contributed by atoms with Gasteiger partial charge in [-0.2, -0.15) is 26.3 Å². The highest BCUT2D eigenvalue weighted by Crippen LogP contribution is 2.35. The molecule has 0 fully saturated rings. The molecule has 0 unspecified atom stereocenters. The Balaban J connectivity index is 2.64. The molecule has 0 radical (unpaired) electrons. The SMILES string of the molecule is FC(F)(F)c1cc(-c2ncccn2)cc(C(F)(F)F)n1. The van der Waals surface area contributed by atoms with Crippen LogP contribution in [0.3, 0.4) is 0 Å². The summed E-state index contributed by atoms with van der Waals surface area (Å²) in [5.41, 5.74) is -3.69. The predicted molar refractivity (Wildman–Crippen MR) is 55.3 cm³/mol. The Morgan fingerprint density at radius 2 is 1.20 bits per heavy atom. The molecule has 0 bridgehead atoms. The number of rotatable bonds is 1. The van der Waals surface area contributed by atoms with Crippen molar-refractivity contribution in [3.63, 3.8) is 0 Å². The van der Waals surface area contributed by atoms with E-state index in [4.69, 9.17) is 0 Å². The summed E-state index contributed by atoms with van der Waals surface area (Å²) < 4.78 is 75.5. The number of alkyl halides is 6. The molecular formula is C11H5F6N3. The fourth-order valence-electron chi connectivity index (χ4n) is 1.40. The summed E-state index contributed by atoms with van der Waals surface area (Å²) in [5.74, 6) is -0.245. The topological polar surface area (TPSA) is 38.7 Å². The van der Waals surface area contributed by atoms with Crippen molar-refractivity contribution in [1.29, 1.82) is 0 Å². The van der Waals surface area contributed by atoms with Crippen LogP contribution in [-0.2, 0) is 12.4 Å². The summed E-state index contributed by atoms with van der Waals surface area (Å²) in [4.78, 5) is 9.84. The monoisotopic (exact) mass is 293 g/mol. The Morgan fingerprint density at radius 1 is 0.750 bits per heavy atom. The smallest absolute Gasteiger partial charge is 0.239 e. The Morgan fingerprint density at radius 3 is 1.60 bits per heavy atom. The first-order valence-electron chi connectivity index (χ1n) is 5.12. The van der Waals surface area contributed by atoms with Gasteiger partial charge in [-0.25, -0.2) is 15.0 Å². The Kier molecular flexibility index (Phi) is 3.36. The lowest BCUT2D eigenvalue weighted by molar-refractivity contribution is -0.150. The number of hydrogen-bond donors (Lipinski definition) is 0. The molecule has 20 heavy (non-hydrogen) atoms. The molecule has 0 saturated carbocycles. The lowest BCUT2D eigenvalue weighted by Crippen LogP contribution is -2.15. The van der Waals surface area contributed by atoms with E-state index in [-0.39, 0.29) is 5.82 Å². The van der Waals surface area contributed by atoms with Gasteiger partial charge in [-0.3, -0.25) is 0 Å². The van der Waals surface area contributed by atoms with Crippen LogP contribution in [0.15, 0.2) is 30.6 Å². The zero-order chi connectivity index (χ0) is 15.0. The van der Waals surface area contributed by atoms with Crippen LogP contribution in [0, 0.1) is 0 Å². The summed E-state index contributed by atoms with van der Waals surface area (Å²) in [6.07, 6.45) is -7.57. The van der Waals surface area contributed by atoms with Crippen LogP contribution < -0.4 is 0 Å². The molecule has 0 saturated heterocycles. The lowest BCUT2D eigenvalue weighted by Gasteiger charge is -2.12. The van der Waals surface area contributed by atoms with Gasteiger partial charge in [-0.05, 0) is 18.2 Å². The van der Waals surface area contributed by atoms with Gasteiger partial charge in [-0.15, -0.1) is 0 Å². The Bertz CT molecular complexity index is 574. The van der Waals surface area contributed by atoms with Crippen molar-refractivity contribution in [3.8, 4) is 11.4 Å². The van der Waals surface area contributed by atoms with Gasteiger partial charge < -0.3 is 0 Å². The van der Waals surface area contributed by atoms with Gasteiger partial charge >= 0.3 is 12.4 Å². The van der Waals surface area contributed by atoms with Gasteiger partial charge in [-0.1, -0.05) is 0 Å². The molecule has 2 aromatic heterocycles. The van der Waals surface area contributed by atoms with E-state index < -0.39 is 29.3 Å². The Hall–Kier alpha value is -2.19. The third-order valence-electron chi connectivity index (χ3n) is 2.23. The third kappa shape index (κ3) is 3.03. The first-order valence-corrected chi connectivity index (χ1v) is 5.12. The van der Waals surface area contributed by atoms with Crippen LogP contribution in [0.25, 0.3) is 11.4 Å². The van der Waals surface area contributed by atoms with E-state index in [1.807, 2.05) is 0 Å². The average molecular weight is 293 g/mol. The van der Waals surface area contributed by atoms with Crippen molar-refractivity contribution in [3.05, 3.63) is 42.0 Å². The second-order valence-corrected chi connectivity index (χ2v) is 3.69. The van der Waals surface area contributed by atoms with Crippen molar-refractivity contribution in [2.45, 2.75) is 12.4 Å². The van der Waals surface area contributed by atoms with E-state index >= 15 is 0 Å². The van der Waals surface area contributed by atoms with E-state index in [9.17, 15) is 26.3 Å². The van der Waals surface area contributed by atoms with Gasteiger partial charge in [0.1, 0.15) is 11.4 Å². The maximum absolute atomic E-state index is 12.6. The molecular weight excluding hydrogens is 288 g/mol. The number of hydrogen-bond acceptors (Lipinski definition) is 3. The second-order valence-electron chi connectivity index (χ2n) is 3.69. The molecule has 0 spiro atoms. The van der Waals surface area contributed by atoms with Gasteiger partial charge in [0.05, 0.1) is 0 Å². The molecule has 2 heterocycles. The molecule has 0 aliphatic carbocycles. The molecule has 9 heteroatoms. The third-order valence-corrected chi connectivity index (χ3v) is 2.23. The van der Waals surface area contributed by atoms with Crippen LogP contribution >= 0.6 is 0 Å². The zero-order valence-corrected chi connectivity index (χ0v) is 9.50. The number of nitrogens with zero attached hydrogens (tertiary/aromatic N) is 3. The van der Waals surface area contributed by atoms with Gasteiger partial charge in [0.15, 0.2) is 5.82 Å². The van der Waals surface area contributed by atoms with Crippen molar-refractivity contribution in [2.24, 2.45) is 0 Å². The molecule has 3 nitrogen and oxygen atoms in total. The van der Waals surface area contributed by atoms with Gasteiger partial charge in [0.25, 0.3) is 0 Å². The first kappa shape index (κ1) is 14.2. The summed E-state index contributed by atoms with van der Waals surface area (Å²) in [7, 11) is 0. The second kappa shape index (κ2) is 4.73. The Labute approximate surface area is 108 Å². The molecule has 2 aromatic rings. The van der Waals surface area contributed by atoms with Crippen LogP contribution in [0.5, 0.6) is 0 Å². The molecule has 0 aliphatic rings. The van der Waals surface area contributed by atoms with Gasteiger partial charge in [0.2, 0.25) is 0 Å². The minimum absolute atomic E-state index is 0.245. The summed E-state index contributed by atoms with van der Waals surface area (Å²) in [6.45, 7) is 0. The van der Waals surface area contributed by atoms with Crippen molar-refractivity contribution >= 4 is 0 Å². The van der Waals surface area contributed by atoms with Crippen LogP contribution in [0.4, 0.5) is 26.3 Å². The standard InChI is InChI=1S/C11H5F6N3/c12-10(13,14)7-4-6(9-18-2-1-3-19-9)5-8(20-7)11(15,16)17/h1-5H. The van der Waals surface area contributed by atoms with E-state index in [1.54, 1.807) is 0 Å². The molecule has 0 atom stereocenters. The van der Waals surface area contributed by atoms with E-state index in [2.05, 4.69) is 15.0 Å². The van der Waals surface area contributed by atoms with E-state index in [1.165, 1.54) is 18.5 Å². The van der Waals surface area contributed by atoms with Crippen molar-refractivity contribution in [1.82, 2.24) is 15.0 Å². The predicted octanol–water partition coefficient (Wildman–Crippen LogP) is 3.58. The lowest BCUT2D eigenvalue weighted by atomic mass is 10.1.